The van der Waals surface area contributed by atoms with Crippen molar-refractivity contribution in [1.82, 2.24) is 20.3 Å². The number of halogens is 3. The van der Waals surface area contributed by atoms with Crippen molar-refractivity contribution in [2.45, 2.75) is 32.9 Å². The Hall–Kier alpha value is -2.97. The number of aryl methyl sites for hydroxylation is 3. The van der Waals surface area contributed by atoms with E-state index in [2.05, 4.69) is 24.9 Å². The largest absolute Gasteiger partial charge is 0.493 e. The van der Waals surface area contributed by atoms with Crippen LogP contribution in [0.15, 0.2) is 35.0 Å². The molecule has 1 aromatic carbocycles. The van der Waals surface area contributed by atoms with E-state index in [0.29, 0.717) is 17.9 Å². The topological polar surface area (TPSA) is 73.9 Å². The van der Waals surface area contributed by atoms with Gasteiger partial charge in [0.15, 0.2) is 0 Å². The van der Waals surface area contributed by atoms with E-state index < -0.39 is 12.1 Å². The van der Waals surface area contributed by atoms with Crippen LogP contribution in [-0.4, -0.2) is 26.9 Å². The fourth-order valence-corrected chi connectivity index (χ4v) is 2.66. The van der Waals surface area contributed by atoms with E-state index in [9.17, 15) is 13.2 Å². The molecular formula is C18H17F3N4O2. The SMILES string of the molecule is Cc1cc(-c2noc(C(F)(F)F)n2)cc(C)c1OCCCc1cccnn1. The average molecular weight is 378 g/mol. The van der Waals surface area contributed by atoms with Crippen molar-refractivity contribution in [1.29, 1.82) is 0 Å². The molecule has 0 bridgehead atoms. The van der Waals surface area contributed by atoms with Gasteiger partial charge >= 0.3 is 12.1 Å². The Kier molecular flexibility index (Phi) is 5.38. The summed E-state index contributed by atoms with van der Waals surface area (Å²) in [5.41, 5.74) is 2.89. The Morgan fingerprint density at radius 2 is 1.89 bits per heavy atom. The third-order valence-corrected chi connectivity index (χ3v) is 3.84. The summed E-state index contributed by atoms with van der Waals surface area (Å²) in [6.07, 6.45) is -1.54. The molecule has 0 aliphatic carbocycles. The molecule has 0 radical (unpaired) electrons. The first-order valence-corrected chi connectivity index (χ1v) is 8.26. The van der Waals surface area contributed by atoms with Crippen molar-refractivity contribution < 1.29 is 22.4 Å². The molecule has 0 N–H and O–H groups in total. The Balaban J connectivity index is 1.67. The van der Waals surface area contributed by atoms with Gasteiger partial charge in [-0.15, -0.1) is 0 Å². The first kappa shape index (κ1) is 18.8. The van der Waals surface area contributed by atoms with Gasteiger partial charge in [0.1, 0.15) is 5.75 Å². The number of nitrogens with zero attached hydrogens (tertiary/aromatic N) is 4. The summed E-state index contributed by atoms with van der Waals surface area (Å²) in [5, 5.41) is 11.3. The zero-order valence-electron chi connectivity index (χ0n) is 14.7. The van der Waals surface area contributed by atoms with Crippen LogP contribution in [0.4, 0.5) is 13.2 Å². The summed E-state index contributed by atoms with van der Waals surface area (Å²) in [6, 6.07) is 7.09. The van der Waals surface area contributed by atoms with Gasteiger partial charge < -0.3 is 9.26 Å². The maximum Gasteiger partial charge on any atom is 0.471 e. The van der Waals surface area contributed by atoms with Crippen LogP contribution in [-0.2, 0) is 12.6 Å². The van der Waals surface area contributed by atoms with Crippen LogP contribution in [0.5, 0.6) is 5.75 Å². The van der Waals surface area contributed by atoms with Gasteiger partial charge in [-0.3, -0.25) is 0 Å². The summed E-state index contributed by atoms with van der Waals surface area (Å²) in [4.78, 5) is 3.42. The summed E-state index contributed by atoms with van der Waals surface area (Å²) in [6.45, 7) is 4.12. The standard InChI is InChI=1S/C18H17F3N4O2/c1-11-9-13(16-23-17(27-25-16)18(19,20)21)10-12(2)15(11)26-8-4-6-14-5-3-7-22-24-14/h3,5,7,9-10H,4,6,8H2,1-2H3. The molecule has 0 fully saturated rings. The maximum absolute atomic E-state index is 12.6. The average Bonchev–Trinajstić information content (AvgIpc) is 3.12. The molecule has 6 nitrogen and oxygen atoms in total. The third-order valence-electron chi connectivity index (χ3n) is 3.84. The molecule has 9 heteroatoms. The molecule has 0 spiro atoms. The first-order valence-electron chi connectivity index (χ1n) is 8.26. The van der Waals surface area contributed by atoms with E-state index in [1.54, 1.807) is 18.3 Å². The van der Waals surface area contributed by atoms with E-state index in [-0.39, 0.29) is 5.82 Å². The van der Waals surface area contributed by atoms with Crippen LogP contribution < -0.4 is 4.74 Å². The third kappa shape index (κ3) is 4.60. The second-order valence-electron chi connectivity index (χ2n) is 6.03. The highest BCUT2D eigenvalue weighted by Gasteiger charge is 2.38. The van der Waals surface area contributed by atoms with Crippen molar-refractivity contribution in [3.63, 3.8) is 0 Å². The lowest BCUT2D eigenvalue weighted by molar-refractivity contribution is -0.159. The van der Waals surface area contributed by atoms with E-state index in [1.165, 1.54) is 0 Å². The van der Waals surface area contributed by atoms with Gasteiger partial charge in [0.25, 0.3) is 0 Å². The van der Waals surface area contributed by atoms with Crippen molar-refractivity contribution in [2.75, 3.05) is 6.61 Å². The Morgan fingerprint density at radius 1 is 1.15 bits per heavy atom. The van der Waals surface area contributed by atoms with Gasteiger partial charge in [-0.1, -0.05) is 5.16 Å². The lowest BCUT2D eigenvalue weighted by atomic mass is 10.1. The fraction of sp³-hybridized carbons (Fsp3) is 0.333. The van der Waals surface area contributed by atoms with Crippen molar-refractivity contribution in [3.8, 4) is 17.1 Å². The molecule has 142 valence electrons. The summed E-state index contributed by atoms with van der Waals surface area (Å²) in [7, 11) is 0. The molecule has 0 aliphatic rings. The van der Waals surface area contributed by atoms with E-state index in [1.807, 2.05) is 26.0 Å². The van der Waals surface area contributed by atoms with Crippen molar-refractivity contribution in [2.24, 2.45) is 0 Å². The smallest absolute Gasteiger partial charge is 0.471 e. The molecule has 0 saturated heterocycles. The monoisotopic (exact) mass is 378 g/mol. The minimum atomic E-state index is -4.67. The van der Waals surface area contributed by atoms with Crippen molar-refractivity contribution in [3.05, 3.63) is 53.2 Å². The molecular weight excluding hydrogens is 361 g/mol. The predicted octanol–water partition coefficient (Wildman–Crippen LogP) is 4.17. The summed E-state index contributed by atoms with van der Waals surface area (Å²) in [5.74, 6) is -0.780. The molecule has 3 rings (SSSR count). The highest BCUT2D eigenvalue weighted by molar-refractivity contribution is 5.61. The van der Waals surface area contributed by atoms with Gasteiger partial charge in [-0.2, -0.15) is 28.4 Å². The lowest BCUT2D eigenvalue weighted by Gasteiger charge is -2.13. The number of benzene rings is 1. The second-order valence-corrected chi connectivity index (χ2v) is 6.03. The van der Waals surface area contributed by atoms with Gasteiger partial charge in [0.05, 0.1) is 12.3 Å². The number of hydrogen-bond donors (Lipinski definition) is 0. The van der Waals surface area contributed by atoms with E-state index in [0.717, 1.165) is 29.7 Å². The predicted molar refractivity (Wildman–Crippen MR) is 90.1 cm³/mol. The zero-order valence-corrected chi connectivity index (χ0v) is 14.7. The minimum Gasteiger partial charge on any atom is -0.493 e. The molecule has 3 aromatic rings. The van der Waals surface area contributed by atoms with E-state index >= 15 is 0 Å². The van der Waals surface area contributed by atoms with Crippen molar-refractivity contribution >= 4 is 0 Å². The number of aromatic nitrogens is 4. The van der Waals surface area contributed by atoms with Gasteiger partial charge in [-0.05, 0) is 62.1 Å². The molecule has 0 amide bonds. The number of alkyl halides is 3. The van der Waals surface area contributed by atoms with Crippen LogP contribution in [0.3, 0.4) is 0 Å². The quantitative estimate of drug-likeness (QED) is 0.599. The van der Waals surface area contributed by atoms with Gasteiger partial charge in [0, 0.05) is 11.8 Å². The van der Waals surface area contributed by atoms with Crippen LogP contribution in [0.2, 0.25) is 0 Å². The highest BCUT2D eigenvalue weighted by Crippen LogP contribution is 2.32. The normalized spacial score (nSPS) is 11.6. The maximum atomic E-state index is 12.6. The highest BCUT2D eigenvalue weighted by atomic mass is 19.4. The van der Waals surface area contributed by atoms with E-state index in [4.69, 9.17) is 4.74 Å². The number of ether oxygens (including phenoxy) is 1. The Morgan fingerprint density at radius 3 is 2.48 bits per heavy atom. The molecule has 0 aliphatic heterocycles. The Labute approximate surface area is 153 Å². The molecule has 0 saturated carbocycles. The molecule has 0 atom stereocenters. The van der Waals surface area contributed by atoms with Crippen LogP contribution in [0, 0.1) is 13.8 Å². The number of rotatable bonds is 6. The Bertz CT molecular complexity index is 887. The zero-order chi connectivity index (χ0) is 19.4. The molecule has 27 heavy (non-hydrogen) atoms. The number of hydrogen-bond acceptors (Lipinski definition) is 6. The minimum absolute atomic E-state index is 0.109. The van der Waals surface area contributed by atoms with Crippen LogP contribution in [0.25, 0.3) is 11.4 Å². The molecule has 2 aromatic heterocycles. The second kappa shape index (κ2) is 7.73. The van der Waals surface area contributed by atoms with Crippen LogP contribution in [0.1, 0.15) is 29.1 Å². The summed E-state index contributed by atoms with van der Waals surface area (Å²) >= 11 is 0. The van der Waals surface area contributed by atoms with Crippen LogP contribution >= 0.6 is 0 Å². The fourth-order valence-electron chi connectivity index (χ4n) is 2.66. The molecule has 0 unspecified atom stereocenters. The lowest BCUT2D eigenvalue weighted by Crippen LogP contribution is -2.05. The van der Waals surface area contributed by atoms with Gasteiger partial charge in [0.2, 0.25) is 5.82 Å². The molecule has 2 heterocycles. The van der Waals surface area contributed by atoms with Gasteiger partial charge in [-0.25, -0.2) is 0 Å². The summed E-state index contributed by atoms with van der Waals surface area (Å²) < 4.78 is 48.0. The first-order chi connectivity index (χ1) is 12.8.